The average Bonchev–Trinajstić information content (AvgIpc) is 2.76. The Morgan fingerprint density at radius 1 is 0.962 bits per heavy atom. The van der Waals surface area contributed by atoms with Crippen molar-refractivity contribution in [3.05, 3.63) is 74.1 Å². The van der Waals surface area contributed by atoms with Crippen LogP contribution >= 0.6 is 22.6 Å². The van der Waals surface area contributed by atoms with Crippen LogP contribution in [0.25, 0.3) is 0 Å². The van der Waals surface area contributed by atoms with Crippen molar-refractivity contribution < 1.29 is 31.5 Å². The van der Waals surface area contributed by atoms with Gasteiger partial charge in [0.1, 0.15) is 5.56 Å². The van der Waals surface area contributed by atoms with Gasteiger partial charge >= 0.3 is 0 Å². The largest absolute Gasteiger partial charge is 0.271 e. The van der Waals surface area contributed by atoms with Crippen LogP contribution in [0.15, 0.2) is 30.4 Å². The molecule has 2 aromatic carbocycles. The summed E-state index contributed by atoms with van der Waals surface area (Å²) in [6.45, 7) is 0. The Morgan fingerprint density at radius 3 is 2.15 bits per heavy atom. The lowest BCUT2D eigenvalue weighted by atomic mass is 10.1. The molecule has 0 atom stereocenters. The Labute approximate surface area is 157 Å². The number of benzene rings is 2. The second-order valence-electron chi connectivity index (χ2n) is 5.30. The topological polar surface area (TPSA) is 37.4 Å². The molecule has 0 radical (unpaired) electrons. The lowest BCUT2D eigenvalue weighted by molar-refractivity contribution is -0.113. The van der Waals surface area contributed by atoms with E-state index in [9.17, 15) is 31.5 Å². The maximum atomic E-state index is 14.0. The van der Waals surface area contributed by atoms with E-state index in [1.54, 1.807) is 6.07 Å². The van der Waals surface area contributed by atoms with Crippen LogP contribution in [0, 0.1) is 32.7 Å². The maximum Gasteiger partial charge on any atom is 0.271 e. The molecule has 134 valence electrons. The molecule has 0 saturated heterocycles. The van der Waals surface area contributed by atoms with Crippen molar-refractivity contribution >= 4 is 40.1 Å². The van der Waals surface area contributed by atoms with Crippen LogP contribution in [0.1, 0.15) is 15.9 Å². The molecule has 0 spiro atoms. The molecule has 9 heteroatoms. The molecule has 3 nitrogen and oxygen atoms in total. The van der Waals surface area contributed by atoms with E-state index in [0.717, 1.165) is 9.65 Å². The minimum Gasteiger partial charge on any atom is -0.269 e. The van der Waals surface area contributed by atoms with E-state index in [0.29, 0.717) is 10.5 Å². The molecule has 26 heavy (non-hydrogen) atoms. The summed E-state index contributed by atoms with van der Waals surface area (Å²) >= 11 is 1.99. The van der Waals surface area contributed by atoms with Crippen molar-refractivity contribution in [3.63, 3.8) is 0 Å². The van der Waals surface area contributed by atoms with Gasteiger partial charge in [0.15, 0.2) is 23.3 Å². The van der Waals surface area contributed by atoms with Gasteiger partial charge < -0.3 is 0 Å². The van der Waals surface area contributed by atoms with E-state index in [1.165, 1.54) is 18.2 Å². The normalized spacial score (nSPS) is 13.6. The summed E-state index contributed by atoms with van der Waals surface area (Å²) in [6.07, 6.45) is 2.68. The SMILES string of the molecule is O=C1C=CCc2cc(I)ccc2N1C(=O)c1c(F)c(F)c(F)c(F)c1F. The summed E-state index contributed by atoms with van der Waals surface area (Å²) in [5.74, 6) is -14.1. The Bertz CT molecular complexity index is 961. The molecule has 1 aliphatic heterocycles. The lowest BCUT2D eigenvalue weighted by Crippen LogP contribution is -2.37. The maximum absolute atomic E-state index is 14.0. The first-order chi connectivity index (χ1) is 12.2. The third-order valence-electron chi connectivity index (χ3n) is 3.73. The standard InChI is InChI=1S/C17H7F5INO2/c18-12-11(13(19)15(21)16(22)14(12)20)17(26)24-9-5-4-8(23)6-7(9)2-1-3-10(24)25/h1,3-6H,2H2. The molecular formula is C17H7F5INO2. The number of fused-ring (bicyclic) bond motifs is 1. The summed E-state index contributed by atoms with van der Waals surface area (Å²) in [6, 6.07) is 4.54. The van der Waals surface area contributed by atoms with Crippen LogP contribution < -0.4 is 4.90 Å². The first-order valence-electron chi connectivity index (χ1n) is 7.08. The zero-order valence-electron chi connectivity index (χ0n) is 12.6. The zero-order valence-corrected chi connectivity index (χ0v) is 14.8. The molecule has 0 unspecified atom stereocenters. The van der Waals surface area contributed by atoms with Crippen LogP contribution in [-0.2, 0) is 11.2 Å². The molecular weight excluding hydrogens is 472 g/mol. The predicted octanol–water partition coefficient (Wildman–Crippen LogP) is 4.27. The molecule has 0 bridgehead atoms. The summed E-state index contributed by atoms with van der Waals surface area (Å²) in [7, 11) is 0. The van der Waals surface area contributed by atoms with E-state index in [2.05, 4.69) is 0 Å². The second kappa shape index (κ2) is 6.78. The van der Waals surface area contributed by atoms with E-state index >= 15 is 0 Å². The number of anilines is 1. The van der Waals surface area contributed by atoms with Crippen molar-refractivity contribution in [1.29, 1.82) is 0 Å². The second-order valence-corrected chi connectivity index (χ2v) is 6.55. The van der Waals surface area contributed by atoms with Gasteiger partial charge in [-0.25, -0.2) is 26.9 Å². The highest BCUT2D eigenvalue weighted by molar-refractivity contribution is 14.1. The van der Waals surface area contributed by atoms with Crippen molar-refractivity contribution in [1.82, 2.24) is 0 Å². The van der Waals surface area contributed by atoms with Crippen LogP contribution in [0.4, 0.5) is 27.6 Å². The highest BCUT2D eigenvalue weighted by Crippen LogP contribution is 2.30. The van der Waals surface area contributed by atoms with Crippen LogP contribution in [0.2, 0.25) is 0 Å². The minimum atomic E-state index is -2.38. The van der Waals surface area contributed by atoms with Crippen molar-refractivity contribution in [2.75, 3.05) is 4.90 Å². The molecule has 0 saturated carbocycles. The Hall–Kier alpha value is -2.30. The number of hydrogen-bond donors (Lipinski definition) is 0. The molecule has 0 aliphatic carbocycles. The van der Waals surface area contributed by atoms with Gasteiger partial charge in [0.25, 0.3) is 11.8 Å². The first-order valence-corrected chi connectivity index (χ1v) is 8.16. The van der Waals surface area contributed by atoms with Crippen molar-refractivity contribution in [2.45, 2.75) is 6.42 Å². The molecule has 2 amide bonds. The van der Waals surface area contributed by atoms with Gasteiger partial charge in [0.2, 0.25) is 5.82 Å². The number of allylic oxidation sites excluding steroid dienone is 1. The fourth-order valence-electron chi connectivity index (χ4n) is 2.53. The van der Waals surface area contributed by atoms with E-state index in [-0.39, 0.29) is 12.1 Å². The fourth-order valence-corrected chi connectivity index (χ4v) is 3.09. The number of imide groups is 1. The van der Waals surface area contributed by atoms with Crippen molar-refractivity contribution in [3.8, 4) is 0 Å². The Balaban J connectivity index is 2.23. The predicted molar refractivity (Wildman–Crippen MR) is 90.1 cm³/mol. The Kier molecular flexibility index (Phi) is 4.82. The van der Waals surface area contributed by atoms with Gasteiger partial charge in [-0.3, -0.25) is 9.59 Å². The van der Waals surface area contributed by atoms with Gasteiger partial charge in [-0.1, -0.05) is 6.08 Å². The number of carbonyl (C=O) groups is 2. The summed E-state index contributed by atoms with van der Waals surface area (Å²) in [5, 5.41) is 0. The number of hydrogen-bond acceptors (Lipinski definition) is 2. The third kappa shape index (κ3) is 2.89. The summed E-state index contributed by atoms with van der Waals surface area (Å²) in [4.78, 5) is 25.2. The average molecular weight is 479 g/mol. The quantitative estimate of drug-likeness (QED) is 0.202. The van der Waals surface area contributed by atoms with Gasteiger partial charge in [-0.05, 0) is 52.8 Å². The van der Waals surface area contributed by atoms with Crippen molar-refractivity contribution in [2.24, 2.45) is 0 Å². The molecule has 1 aliphatic rings. The summed E-state index contributed by atoms with van der Waals surface area (Å²) in [5.41, 5.74) is -1.19. The van der Waals surface area contributed by atoms with Crippen LogP contribution in [0.5, 0.6) is 0 Å². The highest BCUT2D eigenvalue weighted by Gasteiger charge is 2.35. The van der Waals surface area contributed by atoms with E-state index in [1.807, 2.05) is 22.6 Å². The molecule has 1 heterocycles. The van der Waals surface area contributed by atoms with Gasteiger partial charge in [-0.15, -0.1) is 0 Å². The number of nitrogens with zero attached hydrogens (tertiary/aromatic N) is 1. The summed E-state index contributed by atoms with van der Waals surface area (Å²) < 4.78 is 68.8. The van der Waals surface area contributed by atoms with Crippen LogP contribution in [-0.4, -0.2) is 11.8 Å². The number of carbonyl (C=O) groups excluding carboxylic acids is 2. The number of halogens is 6. The Morgan fingerprint density at radius 2 is 1.54 bits per heavy atom. The van der Waals surface area contributed by atoms with E-state index in [4.69, 9.17) is 0 Å². The molecule has 0 aromatic heterocycles. The third-order valence-corrected chi connectivity index (χ3v) is 4.40. The number of amides is 2. The van der Waals surface area contributed by atoms with Gasteiger partial charge in [0, 0.05) is 9.65 Å². The smallest absolute Gasteiger partial charge is 0.269 e. The zero-order chi connectivity index (χ0) is 19.2. The molecule has 3 rings (SSSR count). The fraction of sp³-hybridized carbons (Fsp3) is 0.0588. The highest BCUT2D eigenvalue weighted by atomic mass is 127. The minimum absolute atomic E-state index is 0.00866. The van der Waals surface area contributed by atoms with Gasteiger partial charge in [0.05, 0.1) is 5.69 Å². The molecule has 2 aromatic rings. The lowest BCUT2D eigenvalue weighted by Gasteiger charge is -2.21. The van der Waals surface area contributed by atoms with Gasteiger partial charge in [-0.2, -0.15) is 0 Å². The molecule has 0 N–H and O–H groups in total. The first kappa shape index (κ1) is 18.5. The monoisotopic (exact) mass is 479 g/mol. The van der Waals surface area contributed by atoms with E-state index < -0.39 is 46.5 Å². The van der Waals surface area contributed by atoms with Crippen LogP contribution in [0.3, 0.4) is 0 Å². The number of rotatable bonds is 1. The molecule has 0 fully saturated rings.